The summed E-state index contributed by atoms with van der Waals surface area (Å²) < 4.78 is 12.9. The van der Waals surface area contributed by atoms with Crippen LogP contribution in [0.25, 0.3) is 10.9 Å². The quantitative estimate of drug-likeness (QED) is 0.748. The van der Waals surface area contributed by atoms with E-state index in [4.69, 9.17) is 5.11 Å². The van der Waals surface area contributed by atoms with Crippen molar-refractivity contribution in [3.05, 3.63) is 60.2 Å². The van der Waals surface area contributed by atoms with E-state index in [-0.39, 0.29) is 11.6 Å². The summed E-state index contributed by atoms with van der Waals surface area (Å²) in [6.45, 7) is 0. The maximum absolute atomic E-state index is 12.9. The standard InChI is InChI=1S/C15H9FN2O2S/c16-9-5-7-10(8-6-9)21-14-11-3-1-2-4-12(11)17-13(18-14)15(19)20/h1-8H,(H,19,20). The van der Waals surface area contributed by atoms with Crippen molar-refractivity contribution < 1.29 is 14.3 Å². The molecule has 0 radical (unpaired) electrons. The van der Waals surface area contributed by atoms with E-state index in [1.165, 1.54) is 23.9 Å². The van der Waals surface area contributed by atoms with Crippen LogP contribution in [0.3, 0.4) is 0 Å². The van der Waals surface area contributed by atoms with E-state index in [0.717, 1.165) is 10.3 Å². The van der Waals surface area contributed by atoms with Gasteiger partial charge in [-0.15, -0.1) is 0 Å². The molecule has 0 aliphatic heterocycles. The van der Waals surface area contributed by atoms with E-state index in [9.17, 15) is 9.18 Å². The summed E-state index contributed by atoms with van der Waals surface area (Å²) in [6, 6.07) is 13.1. The summed E-state index contributed by atoms with van der Waals surface area (Å²) >= 11 is 1.28. The summed E-state index contributed by atoms with van der Waals surface area (Å²) in [5.74, 6) is -1.75. The molecule has 0 spiro atoms. The third kappa shape index (κ3) is 2.85. The van der Waals surface area contributed by atoms with Gasteiger partial charge in [0, 0.05) is 10.3 Å². The van der Waals surface area contributed by atoms with Crippen molar-refractivity contribution in [3.8, 4) is 0 Å². The zero-order valence-electron chi connectivity index (χ0n) is 10.7. The smallest absolute Gasteiger partial charge is 0.373 e. The topological polar surface area (TPSA) is 63.1 Å². The summed E-state index contributed by atoms with van der Waals surface area (Å²) in [7, 11) is 0. The van der Waals surface area contributed by atoms with E-state index in [1.807, 2.05) is 12.1 Å². The fourth-order valence-electron chi connectivity index (χ4n) is 1.84. The average Bonchev–Trinajstić information content (AvgIpc) is 2.49. The highest BCUT2D eigenvalue weighted by atomic mass is 32.2. The Hall–Kier alpha value is -2.47. The molecule has 1 aromatic heterocycles. The lowest BCUT2D eigenvalue weighted by Gasteiger charge is -2.06. The molecule has 1 N–H and O–H groups in total. The fourth-order valence-corrected chi connectivity index (χ4v) is 2.75. The number of halogens is 1. The van der Waals surface area contributed by atoms with E-state index in [0.29, 0.717) is 10.5 Å². The fraction of sp³-hybridized carbons (Fsp3) is 0. The highest BCUT2D eigenvalue weighted by Crippen LogP contribution is 2.31. The van der Waals surface area contributed by atoms with Crippen molar-refractivity contribution in [1.82, 2.24) is 9.97 Å². The highest BCUT2D eigenvalue weighted by molar-refractivity contribution is 7.99. The van der Waals surface area contributed by atoms with Gasteiger partial charge in [-0.3, -0.25) is 0 Å². The summed E-state index contributed by atoms with van der Waals surface area (Å²) in [5, 5.41) is 10.4. The van der Waals surface area contributed by atoms with Crippen molar-refractivity contribution in [2.24, 2.45) is 0 Å². The molecular weight excluding hydrogens is 291 g/mol. The highest BCUT2D eigenvalue weighted by Gasteiger charge is 2.13. The molecule has 2 aromatic carbocycles. The van der Waals surface area contributed by atoms with Crippen LogP contribution in [0.15, 0.2) is 58.5 Å². The number of carbonyl (C=O) groups is 1. The molecule has 0 saturated heterocycles. The Morgan fingerprint density at radius 3 is 2.48 bits per heavy atom. The molecule has 1 heterocycles. The molecule has 0 amide bonds. The number of nitrogens with zero attached hydrogens (tertiary/aromatic N) is 2. The maximum Gasteiger partial charge on any atom is 0.373 e. The Morgan fingerprint density at radius 1 is 1.05 bits per heavy atom. The van der Waals surface area contributed by atoms with Gasteiger partial charge < -0.3 is 5.11 Å². The van der Waals surface area contributed by atoms with Crippen LogP contribution >= 0.6 is 11.8 Å². The second-order valence-electron chi connectivity index (χ2n) is 4.23. The molecule has 0 fully saturated rings. The minimum absolute atomic E-state index is 0.252. The number of fused-ring (bicyclic) bond motifs is 1. The number of rotatable bonds is 3. The number of aromatic carboxylic acids is 1. The van der Waals surface area contributed by atoms with Gasteiger partial charge in [-0.2, -0.15) is 0 Å². The number of para-hydroxylation sites is 1. The average molecular weight is 300 g/mol. The Bertz CT molecular complexity index is 822. The molecule has 0 bridgehead atoms. The van der Waals surface area contributed by atoms with Gasteiger partial charge >= 0.3 is 5.97 Å². The van der Waals surface area contributed by atoms with E-state index < -0.39 is 5.97 Å². The van der Waals surface area contributed by atoms with Gasteiger partial charge in [0.05, 0.1) is 5.52 Å². The van der Waals surface area contributed by atoms with Crippen LogP contribution in [-0.2, 0) is 0 Å². The van der Waals surface area contributed by atoms with Crippen molar-refractivity contribution in [2.75, 3.05) is 0 Å². The summed E-state index contributed by atoms with van der Waals surface area (Å²) in [5.41, 5.74) is 0.564. The van der Waals surface area contributed by atoms with Gasteiger partial charge in [-0.25, -0.2) is 19.2 Å². The number of carboxylic acid groups (broad SMARTS) is 1. The van der Waals surface area contributed by atoms with Crippen molar-refractivity contribution in [3.63, 3.8) is 0 Å². The minimum Gasteiger partial charge on any atom is -0.475 e. The lowest BCUT2D eigenvalue weighted by molar-refractivity contribution is 0.0683. The minimum atomic E-state index is -1.18. The number of hydrogen-bond donors (Lipinski definition) is 1. The molecule has 0 aliphatic rings. The zero-order chi connectivity index (χ0) is 14.8. The predicted molar refractivity (Wildman–Crippen MR) is 77.0 cm³/mol. The Labute approximate surface area is 123 Å². The molecular formula is C15H9FN2O2S. The van der Waals surface area contributed by atoms with Crippen LogP contribution in [0.5, 0.6) is 0 Å². The first-order valence-corrected chi connectivity index (χ1v) is 6.88. The number of carboxylic acids is 1. The van der Waals surface area contributed by atoms with Gasteiger partial charge in [-0.1, -0.05) is 30.0 Å². The SMILES string of the molecule is O=C(O)c1nc(Sc2ccc(F)cc2)c2ccccc2n1. The molecule has 104 valence electrons. The van der Waals surface area contributed by atoms with Crippen LogP contribution in [0, 0.1) is 5.82 Å². The van der Waals surface area contributed by atoms with E-state index in [2.05, 4.69) is 9.97 Å². The first-order valence-electron chi connectivity index (χ1n) is 6.07. The van der Waals surface area contributed by atoms with Gasteiger partial charge in [0.25, 0.3) is 0 Å². The second kappa shape index (κ2) is 5.49. The zero-order valence-corrected chi connectivity index (χ0v) is 11.5. The largest absolute Gasteiger partial charge is 0.475 e. The molecule has 0 atom stereocenters. The number of hydrogen-bond acceptors (Lipinski definition) is 4. The lowest BCUT2D eigenvalue weighted by atomic mass is 10.2. The second-order valence-corrected chi connectivity index (χ2v) is 5.29. The first-order chi connectivity index (χ1) is 10.1. The molecule has 3 rings (SSSR count). The predicted octanol–water partition coefficient (Wildman–Crippen LogP) is 3.62. The van der Waals surface area contributed by atoms with Crippen LogP contribution in [0.4, 0.5) is 4.39 Å². The van der Waals surface area contributed by atoms with Crippen molar-refractivity contribution in [2.45, 2.75) is 9.92 Å². The first kappa shape index (κ1) is 13.5. The van der Waals surface area contributed by atoms with Gasteiger partial charge in [-0.05, 0) is 30.3 Å². The Kier molecular flexibility index (Phi) is 3.53. The van der Waals surface area contributed by atoms with Crippen molar-refractivity contribution >= 4 is 28.6 Å². The number of aromatic nitrogens is 2. The van der Waals surface area contributed by atoms with Gasteiger partial charge in [0.15, 0.2) is 0 Å². The summed E-state index contributed by atoms with van der Waals surface area (Å²) in [6.07, 6.45) is 0. The Balaban J connectivity index is 2.11. The van der Waals surface area contributed by atoms with Crippen LogP contribution in [0.2, 0.25) is 0 Å². The van der Waals surface area contributed by atoms with E-state index in [1.54, 1.807) is 24.3 Å². The van der Waals surface area contributed by atoms with Crippen LogP contribution in [-0.4, -0.2) is 21.0 Å². The number of benzene rings is 2. The van der Waals surface area contributed by atoms with Crippen molar-refractivity contribution in [1.29, 1.82) is 0 Å². The Morgan fingerprint density at radius 2 is 1.76 bits per heavy atom. The van der Waals surface area contributed by atoms with Gasteiger partial charge in [0.2, 0.25) is 5.82 Å². The molecule has 4 nitrogen and oxygen atoms in total. The summed E-state index contributed by atoms with van der Waals surface area (Å²) in [4.78, 5) is 20.0. The molecule has 0 saturated carbocycles. The lowest BCUT2D eigenvalue weighted by Crippen LogP contribution is -2.05. The normalized spacial score (nSPS) is 10.7. The third-order valence-corrected chi connectivity index (χ3v) is 3.80. The maximum atomic E-state index is 12.9. The molecule has 0 aliphatic carbocycles. The molecule has 21 heavy (non-hydrogen) atoms. The van der Waals surface area contributed by atoms with Gasteiger partial charge in [0.1, 0.15) is 10.8 Å². The third-order valence-electron chi connectivity index (χ3n) is 2.79. The molecule has 3 aromatic rings. The molecule has 0 unspecified atom stereocenters. The van der Waals surface area contributed by atoms with Crippen LogP contribution < -0.4 is 0 Å². The molecule has 6 heteroatoms. The van der Waals surface area contributed by atoms with E-state index >= 15 is 0 Å². The monoisotopic (exact) mass is 300 g/mol. The van der Waals surface area contributed by atoms with Crippen LogP contribution in [0.1, 0.15) is 10.6 Å².